The Hall–Kier alpha value is -4.19. The Bertz CT molecular complexity index is 1250. The second-order valence-corrected chi connectivity index (χ2v) is 7.38. The topological polar surface area (TPSA) is 73.2 Å². The van der Waals surface area contributed by atoms with Crippen LogP contribution in [-0.4, -0.2) is 28.4 Å². The number of amides is 1. The summed E-state index contributed by atoms with van der Waals surface area (Å²) in [6.07, 6.45) is 3.60. The first-order chi connectivity index (χ1) is 15.5. The average Bonchev–Trinajstić information content (AvgIpc) is 3.28. The predicted molar refractivity (Wildman–Crippen MR) is 122 cm³/mol. The highest BCUT2D eigenvalue weighted by atomic mass is 16.5. The van der Waals surface area contributed by atoms with Crippen molar-refractivity contribution in [3.8, 4) is 11.4 Å². The first-order valence-electron chi connectivity index (χ1n) is 10.2. The van der Waals surface area contributed by atoms with Crippen molar-refractivity contribution in [1.82, 2.24) is 14.9 Å². The van der Waals surface area contributed by atoms with Crippen LogP contribution in [0.5, 0.6) is 5.75 Å². The van der Waals surface area contributed by atoms with Crippen LogP contribution in [0, 0.1) is 6.92 Å². The summed E-state index contributed by atoms with van der Waals surface area (Å²) in [6, 6.07) is 21.7. The number of aryl methyl sites for hydroxylation is 1. The van der Waals surface area contributed by atoms with Crippen LogP contribution in [0.3, 0.4) is 0 Å². The van der Waals surface area contributed by atoms with Crippen LogP contribution in [-0.2, 0) is 6.54 Å². The molecular weight excluding hydrogens is 402 g/mol. The Labute approximate surface area is 186 Å². The van der Waals surface area contributed by atoms with Gasteiger partial charge in [-0.25, -0.2) is 4.98 Å². The van der Waals surface area contributed by atoms with E-state index in [9.17, 15) is 9.59 Å². The summed E-state index contributed by atoms with van der Waals surface area (Å²) in [5, 5.41) is 2.91. The average molecular weight is 425 g/mol. The summed E-state index contributed by atoms with van der Waals surface area (Å²) in [7, 11) is 1.57. The fourth-order valence-electron chi connectivity index (χ4n) is 3.40. The van der Waals surface area contributed by atoms with Gasteiger partial charge in [-0.2, -0.15) is 0 Å². The molecule has 0 saturated heterocycles. The summed E-state index contributed by atoms with van der Waals surface area (Å²) < 4.78 is 7.33. The number of nitrogens with zero attached hydrogens (tertiary/aromatic N) is 2. The van der Waals surface area contributed by atoms with E-state index in [0.29, 0.717) is 29.0 Å². The van der Waals surface area contributed by atoms with Crippen molar-refractivity contribution in [2.75, 3.05) is 7.11 Å². The Morgan fingerprint density at radius 3 is 2.28 bits per heavy atom. The van der Waals surface area contributed by atoms with Crippen molar-refractivity contribution >= 4 is 11.7 Å². The van der Waals surface area contributed by atoms with Crippen LogP contribution in [0.15, 0.2) is 85.3 Å². The molecule has 6 nitrogen and oxygen atoms in total. The number of methoxy groups -OCH3 is 1. The summed E-state index contributed by atoms with van der Waals surface area (Å²) in [4.78, 5) is 29.4. The van der Waals surface area contributed by atoms with E-state index in [2.05, 4.69) is 10.3 Å². The molecule has 4 aromatic rings. The quantitative estimate of drug-likeness (QED) is 0.447. The van der Waals surface area contributed by atoms with E-state index in [-0.39, 0.29) is 11.7 Å². The van der Waals surface area contributed by atoms with Gasteiger partial charge in [0, 0.05) is 29.4 Å². The first kappa shape index (κ1) is 21.1. The molecule has 3 aromatic carbocycles. The largest absolute Gasteiger partial charge is 0.495 e. The van der Waals surface area contributed by atoms with E-state index in [1.165, 1.54) is 0 Å². The molecule has 6 heteroatoms. The van der Waals surface area contributed by atoms with Gasteiger partial charge in [-0.15, -0.1) is 0 Å². The van der Waals surface area contributed by atoms with Gasteiger partial charge in [-0.05, 0) is 30.7 Å². The summed E-state index contributed by atoms with van der Waals surface area (Å²) in [5.74, 6) is 0.349. The van der Waals surface area contributed by atoms with E-state index in [0.717, 1.165) is 16.9 Å². The lowest BCUT2D eigenvalue weighted by molar-refractivity contribution is 0.0949. The van der Waals surface area contributed by atoms with Crippen molar-refractivity contribution in [3.05, 3.63) is 113 Å². The molecule has 0 fully saturated rings. The maximum absolute atomic E-state index is 12.7. The SMILES string of the molecule is COc1cc(C(=O)NCc2ccc(C(=O)c3ccccc3)cc2)ccc1-n1cnc(C)c1. The lowest BCUT2D eigenvalue weighted by Gasteiger charge is -2.12. The maximum Gasteiger partial charge on any atom is 0.251 e. The fourth-order valence-corrected chi connectivity index (χ4v) is 3.40. The number of hydrogen-bond acceptors (Lipinski definition) is 4. The zero-order chi connectivity index (χ0) is 22.5. The number of aromatic nitrogens is 2. The van der Waals surface area contributed by atoms with Crippen molar-refractivity contribution in [2.24, 2.45) is 0 Å². The molecule has 0 bridgehead atoms. The van der Waals surface area contributed by atoms with E-state index in [1.807, 2.05) is 54.1 Å². The number of benzene rings is 3. The molecule has 0 aliphatic rings. The summed E-state index contributed by atoms with van der Waals surface area (Å²) in [6.45, 7) is 2.26. The highest BCUT2D eigenvalue weighted by molar-refractivity contribution is 6.08. The molecule has 1 heterocycles. The molecule has 0 saturated carbocycles. The normalized spacial score (nSPS) is 10.6. The fraction of sp³-hybridized carbons (Fsp3) is 0.115. The minimum Gasteiger partial charge on any atom is -0.495 e. The van der Waals surface area contributed by atoms with Gasteiger partial charge in [-0.1, -0.05) is 54.6 Å². The number of hydrogen-bond donors (Lipinski definition) is 1. The van der Waals surface area contributed by atoms with Gasteiger partial charge in [0.15, 0.2) is 5.78 Å². The van der Waals surface area contributed by atoms with Crippen molar-refractivity contribution in [1.29, 1.82) is 0 Å². The summed E-state index contributed by atoms with van der Waals surface area (Å²) in [5.41, 5.74) is 4.37. The van der Waals surface area contributed by atoms with Gasteiger partial charge in [-0.3, -0.25) is 9.59 Å². The third-order valence-electron chi connectivity index (χ3n) is 5.14. The minimum absolute atomic E-state index is 0.0264. The Kier molecular flexibility index (Phi) is 6.12. The van der Waals surface area contributed by atoms with Crippen LogP contribution in [0.2, 0.25) is 0 Å². The first-order valence-corrected chi connectivity index (χ1v) is 10.2. The Morgan fingerprint density at radius 2 is 1.62 bits per heavy atom. The van der Waals surface area contributed by atoms with Crippen LogP contribution < -0.4 is 10.1 Å². The third kappa shape index (κ3) is 4.59. The Balaban J connectivity index is 1.42. The van der Waals surface area contributed by atoms with Crippen molar-refractivity contribution < 1.29 is 14.3 Å². The Morgan fingerprint density at radius 1 is 0.938 bits per heavy atom. The van der Waals surface area contributed by atoms with E-state index in [4.69, 9.17) is 4.74 Å². The molecule has 1 aromatic heterocycles. The smallest absolute Gasteiger partial charge is 0.251 e. The molecule has 0 unspecified atom stereocenters. The third-order valence-corrected chi connectivity index (χ3v) is 5.14. The molecular formula is C26H23N3O3. The van der Waals surface area contributed by atoms with Crippen LogP contribution in [0.1, 0.15) is 37.5 Å². The number of ether oxygens (including phenoxy) is 1. The molecule has 4 rings (SSSR count). The molecule has 0 radical (unpaired) electrons. The standard InChI is InChI=1S/C26H23N3O3/c1-18-16-29(17-28-18)23-13-12-22(14-24(23)32-2)26(31)27-15-19-8-10-21(11-9-19)25(30)20-6-4-3-5-7-20/h3-14,16-17H,15H2,1-2H3,(H,27,31). The predicted octanol–water partition coefficient (Wildman–Crippen LogP) is 4.35. The van der Waals surface area contributed by atoms with Gasteiger partial charge < -0.3 is 14.6 Å². The lowest BCUT2D eigenvalue weighted by atomic mass is 10.0. The van der Waals surface area contributed by atoms with Crippen LogP contribution >= 0.6 is 0 Å². The monoisotopic (exact) mass is 425 g/mol. The van der Waals surface area contributed by atoms with E-state index in [1.54, 1.807) is 49.8 Å². The lowest BCUT2D eigenvalue weighted by Crippen LogP contribution is -2.23. The second kappa shape index (κ2) is 9.31. The molecule has 0 atom stereocenters. The minimum atomic E-state index is -0.207. The molecule has 32 heavy (non-hydrogen) atoms. The highest BCUT2D eigenvalue weighted by Crippen LogP contribution is 2.24. The van der Waals surface area contributed by atoms with E-state index < -0.39 is 0 Å². The molecule has 1 amide bonds. The molecule has 0 aliphatic heterocycles. The number of ketones is 1. The van der Waals surface area contributed by atoms with Gasteiger partial charge >= 0.3 is 0 Å². The molecule has 1 N–H and O–H groups in total. The van der Waals surface area contributed by atoms with Gasteiger partial charge in [0.25, 0.3) is 5.91 Å². The summed E-state index contributed by atoms with van der Waals surface area (Å²) >= 11 is 0. The van der Waals surface area contributed by atoms with Crippen LogP contribution in [0.4, 0.5) is 0 Å². The second-order valence-electron chi connectivity index (χ2n) is 7.38. The van der Waals surface area contributed by atoms with E-state index >= 15 is 0 Å². The number of carbonyl (C=O) groups excluding carboxylic acids is 2. The number of imidazole rings is 1. The molecule has 160 valence electrons. The number of carbonyl (C=O) groups is 2. The molecule has 0 spiro atoms. The van der Waals surface area contributed by atoms with Crippen molar-refractivity contribution in [2.45, 2.75) is 13.5 Å². The van der Waals surface area contributed by atoms with Gasteiger partial charge in [0.05, 0.1) is 24.8 Å². The molecule has 0 aliphatic carbocycles. The zero-order valence-electron chi connectivity index (χ0n) is 17.9. The number of rotatable bonds is 7. The van der Waals surface area contributed by atoms with Crippen LogP contribution in [0.25, 0.3) is 5.69 Å². The van der Waals surface area contributed by atoms with Crippen molar-refractivity contribution in [3.63, 3.8) is 0 Å². The highest BCUT2D eigenvalue weighted by Gasteiger charge is 2.12. The number of nitrogens with one attached hydrogen (secondary N) is 1. The zero-order valence-corrected chi connectivity index (χ0v) is 17.9. The van der Waals surface area contributed by atoms with Gasteiger partial charge in [0.2, 0.25) is 0 Å². The maximum atomic E-state index is 12.7. The van der Waals surface area contributed by atoms with Gasteiger partial charge in [0.1, 0.15) is 5.75 Å².